The van der Waals surface area contributed by atoms with E-state index < -0.39 is 0 Å². The second-order valence-electron chi connectivity index (χ2n) is 7.93. The zero-order valence-electron chi connectivity index (χ0n) is 17.3. The van der Waals surface area contributed by atoms with E-state index >= 15 is 0 Å². The largest absolute Gasteiger partial charge is 0.491 e. The number of hydrogen-bond donors (Lipinski definition) is 0. The van der Waals surface area contributed by atoms with Gasteiger partial charge in [-0.3, -0.25) is 9.59 Å². The zero-order valence-corrected chi connectivity index (χ0v) is 18.1. The summed E-state index contributed by atoms with van der Waals surface area (Å²) in [6, 6.07) is 11.6. The lowest BCUT2D eigenvalue weighted by Crippen LogP contribution is -2.48. The predicted molar refractivity (Wildman–Crippen MR) is 116 cm³/mol. The molecule has 1 atom stereocenters. The SMILES string of the molecule is COCC(=O)N(CC(=O)N1CCc2sccc2C1COc1ccccc1)CC1CC1. The minimum atomic E-state index is -0.145. The summed E-state index contributed by atoms with van der Waals surface area (Å²) in [5.74, 6) is 1.15. The number of hydrogen-bond acceptors (Lipinski definition) is 5. The maximum atomic E-state index is 13.3. The highest BCUT2D eigenvalue weighted by atomic mass is 32.1. The molecule has 1 saturated carbocycles. The van der Waals surface area contributed by atoms with E-state index in [-0.39, 0.29) is 31.0 Å². The van der Waals surface area contributed by atoms with E-state index in [2.05, 4.69) is 11.4 Å². The quantitative estimate of drug-likeness (QED) is 0.616. The molecule has 1 aliphatic carbocycles. The number of methoxy groups -OCH3 is 1. The van der Waals surface area contributed by atoms with Crippen molar-refractivity contribution in [2.45, 2.75) is 25.3 Å². The monoisotopic (exact) mass is 428 g/mol. The standard InChI is InChI=1S/C23H28N2O4S/c1-28-16-23(27)24(13-17-7-8-17)14-22(26)25-11-9-21-19(10-12-30-21)20(25)15-29-18-5-3-2-4-6-18/h2-6,10,12,17,20H,7-9,11,13-16H2,1H3. The molecule has 160 valence electrons. The Bertz CT molecular complexity index is 865. The normalized spacial score (nSPS) is 18.0. The smallest absolute Gasteiger partial charge is 0.249 e. The molecule has 1 unspecified atom stereocenters. The number of para-hydroxylation sites is 1. The third kappa shape index (κ3) is 5.02. The molecule has 0 N–H and O–H groups in total. The number of amides is 2. The highest BCUT2D eigenvalue weighted by molar-refractivity contribution is 7.10. The molecule has 0 bridgehead atoms. The molecular weight excluding hydrogens is 400 g/mol. The van der Waals surface area contributed by atoms with Gasteiger partial charge in [-0.05, 0) is 54.3 Å². The molecule has 4 rings (SSSR count). The second kappa shape index (κ2) is 9.62. The Morgan fingerprint density at radius 3 is 2.73 bits per heavy atom. The lowest BCUT2D eigenvalue weighted by atomic mass is 10.0. The van der Waals surface area contributed by atoms with Gasteiger partial charge in [-0.15, -0.1) is 11.3 Å². The Balaban J connectivity index is 1.48. The number of thiophene rings is 1. The molecular formula is C23H28N2O4S. The summed E-state index contributed by atoms with van der Waals surface area (Å²) in [5.41, 5.74) is 1.16. The average molecular weight is 429 g/mol. The van der Waals surface area contributed by atoms with E-state index in [0.717, 1.165) is 30.6 Å². The van der Waals surface area contributed by atoms with Crippen LogP contribution in [0.3, 0.4) is 0 Å². The van der Waals surface area contributed by atoms with Gasteiger partial charge < -0.3 is 19.3 Å². The zero-order chi connectivity index (χ0) is 20.9. The van der Waals surface area contributed by atoms with Crippen molar-refractivity contribution in [1.82, 2.24) is 9.80 Å². The summed E-state index contributed by atoms with van der Waals surface area (Å²) in [6.45, 7) is 1.78. The molecule has 2 aliphatic rings. The lowest BCUT2D eigenvalue weighted by Gasteiger charge is -2.37. The molecule has 1 aromatic carbocycles. The first-order chi connectivity index (χ1) is 14.7. The van der Waals surface area contributed by atoms with Crippen LogP contribution in [0.15, 0.2) is 41.8 Å². The Labute approximate surface area is 181 Å². The van der Waals surface area contributed by atoms with E-state index in [4.69, 9.17) is 9.47 Å². The third-order valence-corrected chi connectivity index (χ3v) is 6.68. The number of nitrogens with zero attached hydrogens (tertiary/aromatic N) is 2. The van der Waals surface area contributed by atoms with Gasteiger partial charge in [-0.25, -0.2) is 0 Å². The van der Waals surface area contributed by atoms with Crippen LogP contribution in [-0.2, 0) is 20.7 Å². The number of carbonyl (C=O) groups excluding carboxylic acids is 2. The maximum absolute atomic E-state index is 13.3. The Hall–Kier alpha value is -2.38. The van der Waals surface area contributed by atoms with Crippen molar-refractivity contribution in [3.8, 4) is 5.75 Å². The number of ether oxygens (including phenoxy) is 2. The molecule has 2 aromatic rings. The van der Waals surface area contributed by atoms with Gasteiger partial charge in [0.15, 0.2) is 0 Å². The van der Waals surface area contributed by atoms with E-state index in [1.54, 1.807) is 16.2 Å². The molecule has 0 radical (unpaired) electrons. The van der Waals surface area contributed by atoms with Gasteiger partial charge in [0.25, 0.3) is 0 Å². The van der Waals surface area contributed by atoms with Crippen molar-refractivity contribution in [1.29, 1.82) is 0 Å². The van der Waals surface area contributed by atoms with Crippen molar-refractivity contribution in [3.05, 3.63) is 52.2 Å². The van der Waals surface area contributed by atoms with Gasteiger partial charge in [0, 0.05) is 25.1 Å². The van der Waals surface area contributed by atoms with Crippen molar-refractivity contribution >= 4 is 23.2 Å². The third-order valence-electron chi connectivity index (χ3n) is 5.69. The van der Waals surface area contributed by atoms with Crippen LogP contribution in [0.2, 0.25) is 0 Å². The fourth-order valence-corrected chi connectivity index (χ4v) is 4.83. The van der Waals surface area contributed by atoms with E-state index in [9.17, 15) is 9.59 Å². The van der Waals surface area contributed by atoms with Gasteiger partial charge in [0.05, 0.1) is 12.6 Å². The van der Waals surface area contributed by atoms with Crippen molar-refractivity contribution in [3.63, 3.8) is 0 Å². The predicted octanol–water partition coefficient (Wildman–Crippen LogP) is 3.14. The molecule has 6 nitrogen and oxygen atoms in total. The topological polar surface area (TPSA) is 59.1 Å². The molecule has 7 heteroatoms. The molecule has 1 aromatic heterocycles. The van der Waals surface area contributed by atoms with Crippen LogP contribution in [0.25, 0.3) is 0 Å². The minimum Gasteiger partial charge on any atom is -0.491 e. The van der Waals surface area contributed by atoms with Gasteiger partial charge in [0.1, 0.15) is 19.0 Å². The molecule has 1 fully saturated rings. The Morgan fingerprint density at radius 2 is 2.00 bits per heavy atom. The molecule has 1 aliphatic heterocycles. The molecule has 0 spiro atoms. The maximum Gasteiger partial charge on any atom is 0.249 e. The first kappa shape index (κ1) is 20.9. The van der Waals surface area contributed by atoms with Crippen LogP contribution >= 0.6 is 11.3 Å². The van der Waals surface area contributed by atoms with E-state index in [1.165, 1.54) is 12.0 Å². The van der Waals surface area contributed by atoms with Crippen molar-refractivity contribution < 1.29 is 19.1 Å². The van der Waals surface area contributed by atoms with Crippen LogP contribution in [-0.4, -0.2) is 61.6 Å². The van der Waals surface area contributed by atoms with Gasteiger partial charge in [0.2, 0.25) is 11.8 Å². The summed E-state index contributed by atoms with van der Waals surface area (Å²) in [7, 11) is 1.51. The van der Waals surface area contributed by atoms with E-state index in [0.29, 0.717) is 25.6 Å². The van der Waals surface area contributed by atoms with Crippen LogP contribution < -0.4 is 4.74 Å². The Morgan fingerprint density at radius 1 is 1.20 bits per heavy atom. The van der Waals surface area contributed by atoms with Crippen LogP contribution in [0.4, 0.5) is 0 Å². The van der Waals surface area contributed by atoms with Crippen molar-refractivity contribution in [2.75, 3.05) is 40.0 Å². The highest BCUT2D eigenvalue weighted by Crippen LogP contribution is 2.34. The first-order valence-corrected chi connectivity index (χ1v) is 11.3. The fraction of sp³-hybridized carbons (Fsp3) is 0.478. The number of carbonyl (C=O) groups is 2. The second-order valence-corrected chi connectivity index (χ2v) is 8.93. The van der Waals surface area contributed by atoms with Crippen LogP contribution in [0, 0.1) is 5.92 Å². The summed E-state index contributed by atoms with van der Waals surface area (Å²) in [6.07, 6.45) is 3.09. The fourth-order valence-electron chi connectivity index (χ4n) is 3.90. The van der Waals surface area contributed by atoms with Crippen molar-refractivity contribution in [2.24, 2.45) is 5.92 Å². The molecule has 0 saturated heterocycles. The summed E-state index contributed by atoms with van der Waals surface area (Å²) in [5, 5.41) is 2.08. The summed E-state index contributed by atoms with van der Waals surface area (Å²) in [4.78, 5) is 30.7. The van der Waals surface area contributed by atoms with Gasteiger partial charge in [-0.1, -0.05) is 18.2 Å². The summed E-state index contributed by atoms with van der Waals surface area (Å²) < 4.78 is 11.1. The van der Waals surface area contributed by atoms with E-state index in [1.807, 2.05) is 35.2 Å². The molecule has 2 heterocycles. The highest BCUT2D eigenvalue weighted by Gasteiger charge is 2.34. The van der Waals surface area contributed by atoms with Crippen LogP contribution in [0.1, 0.15) is 29.3 Å². The van der Waals surface area contributed by atoms with Gasteiger partial charge >= 0.3 is 0 Å². The minimum absolute atomic E-state index is 0.00915. The average Bonchev–Trinajstić information content (AvgIpc) is 3.45. The molecule has 30 heavy (non-hydrogen) atoms. The first-order valence-electron chi connectivity index (χ1n) is 10.5. The molecule has 2 amide bonds. The van der Waals surface area contributed by atoms with Crippen LogP contribution in [0.5, 0.6) is 5.75 Å². The number of rotatable bonds is 9. The lowest BCUT2D eigenvalue weighted by molar-refractivity contribution is -0.144. The Kier molecular flexibility index (Phi) is 6.69. The number of benzene rings is 1. The number of fused-ring (bicyclic) bond motifs is 1. The van der Waals surface area contributed by atoms with Gasteiger partial charge in [-0.2, -0.15) is 0 Å². The summed E-state index contributed by atoms with van der Waals surface area (Å²) >= 11 is 1.73.